The number of hydrogen-bond donors (Lipinski definition) is 1. The van der Waals surface area contributed by atoms with Crippen LogP contribution in [-0.4, -0.2) is 29.9 Å². The highest BCUT2D eigenvalue weighted by Gasteiger charge is 2.42. The first-order valence-electron chi connectivity index (χ1n) is 7.02. The van der Waals surface area contributed by atoms with Gasteiger partial charge in [-0.3, -0.25) is 4.79 Å². The number of nitrogens with zero attached hydrogens (tertiary/aromatic N) is 1. The minimum absolute atomic E-state index is 0.157. The van der Waals surface area contributed by atoms with Gasteiger partial charge in [0.2, 0.25) is 5.91 Å². The summed E-state index contributed by atoms with van der Waals surface area (Å²) in [6.45, 7) is 1.67. The van der Waals surface area contributed by atoms with Gasteiger partial charge in [0, 0.05) is 19.1 Å². The molecule has 0 bridgehead atoms. The normalized spacial score (nSPS) is 28.8. The van der Waals surface area contributed by atoms with Gasteiger partial charge < -0.3 is 10.6 Å². The Morgan fingerprint density at radius 2 is 2.05 bits per heavy atom. The Bertz CT molecular complexity index is 535. The summed E-state index contributed by atoms with van der Waals surface area (Å²) in [6.07, 6.45) is 2.64. The lowest BCUT2D eigenvalue weighted by molar-refractivity contribution is -0.129. The van der Waals surface area contributed by atoms with Crippen molar-refractivity contribution in [3.63, 3.8) is 0 Å². The van der Waals surface area contributed by atoms with E-state index in [0.29, 0.717) is 28.3 Å². The second kappa shape index (κ2) is 5.55. The Balaban J connectivity index is 1.64. The summed E-state index contributed by atoms with van der Waals surface area (Å²) in [5.41, 5.74) is 7.01. The molecule has 1 heterocycles. The number of halogens is 2. The molecule has 0 aromatic heterocycles. The highest BCUT2D eigenvalue weighted by atomic mass is 35.5. The molecular weight excluding hydrogens is 295 g/mol. The quantitative estimate of drug-likeness (QED) is 0.912. The van der Waals surface area contributed by atoms with Crippen LogP contribution in [0.2, 0.25) is 10.0 Å². The molecule has 1 aliphatic heterocycles. The highest BCUT2D eigenvalue weighted by Crippen LogP contribution is 2.37. The van der Waals surface area contributed by atoms with E-state index in [2.05, 4.69) is 0 Å². The summed E-state index contributed by atoms with van der Waals surface area (Å²) in [7, 11) is 0. The fourth-order valence-corrected chi connectivity index (χ4v) is 3.77. The van der Waals surface area contributed by atoms with Crippen molar-refractivity contribution in [2.75, 3.05) is 13.1 Å². The third-order valence-corrected chi connectivity index (χ3v) is 5.34. The molecule has 2 aliphatic rings. The van der Waals surface area contributed by atoms with Gasteiger partial charge in [-0.25, -0.2) is 0 Å². The molecule has 3 atom stereocenters. The van der Waals surface area contributed by atoms with E-state index in [0.717, 1.165) is 31.5 Å². The van der Waals surface area contributed by atoms with Crippen molar-refractivity contribution in [1.29, 1.82) is 0 Å². The standard InChI is InChI=1S/C15H18Cl2N2O/c16-12-3-1-9(5-13(12)17)6-15(20)19-7-10-2-4-14(18)11(10)8-19/h1,3,5,10-11,14H,2,4,6-8,18H2. The third-order valence-electron chi connectivity index (χ3n) is 4.60. The fraction of sp³-hybridized carbons (Fsp3) is 0.533. The zero-order chi connectivity index (χ0) is 14.3. The van der Waals surface area contributed by atoms with Gasteiger partial charge in [0.05, 0.1) is 16.5 Å². The van der Waals surface area contributed by atoms with Crippen LogP contribution >= 0.6 is 23.2 Å². The molecule has 1 aliphatic carbocycles. The summed E-state index contributed by atoms with van der Waals surface area (Å²) in [5, 5.41) is 1.02. The van der Waals surface area contributed by atoms with Gasteiger partial charge in [0.1, 0.15) is 0 Å². The van der Waals surface area contributed by atoms with Crippen molar-refractivity contribution < 1.29 is 4.79 Å². The number of benzene rings is 1. The second-order valence-electron chi connectivity index (χ2n) is 5.89. The average Bonchev–Trinajstić information content (AvgIpc) is 2.97. The summed E-state index contributed by atoms with van der Waals surface area (Å²) < 4.78 is 0. The minimum Gasteiger partial charge on any atom is -0.342 e. The average molecular weight is 313 g/mol. The molecule has 20 heavy (non-hydrogen) atoms. The molecule has 108 valence electrons. The number of hydrogen-bond acceptors (Lipinski definition) is 2. The lowest BCUT2D eigenvalue weighted by Crippen LogP contribution is -2.34. The molecule has 1 saturated heterocycles. The number of amides is 1. The van der Waals surface area contributed by atoms with Gasteiger partial charge in [-0.15, -0.1) is 0 Å². The van der Waals surface area contributed by atoms with Crippen molar-refractivity contribution in [2.45, 2.75) is 25.3 Å². The molecule has 1 aromatic carbocycles. The zero-order valence-electron chi connectivity index (χ0n) is 11.2. The Kier molecular flexibility index (Phi) is 3.93. The van der Waals surface area contributed by atoms with Crippen LogP contribution < -0.4 is 5.73 Å². The first-order valence-corrected chi connectivity index (χ1v) is 7.77. The highest BCUT2D eigenvalue weighted by molar-refractivity contribution is 6.42. The van der Waals surface area contributed by atoms with Crippen LogP contribution in [0.5, 0.6) is 0 Å². The van der Waals surface area contributed by atoms with E-state index in [-0.39, 0.29) is 11.9 Å². The predicted molar refractivity (Wildman–Crippen MR) is 80.9 cm³/mol. The number of likely N-dealkylation sites (tertiary alicyclic amines) is 1. The van der Waals surface area contributed by atoms with Gasteiger partial charge in [-0.1, -0.05) is 29.3 Å². The van der Waals surface area contributed by atoms with E-state index in [1.54, 1.807) is 12.1 Å². The van der Waals surface area contributed by atoms with E-state index in [9.17, 15) is 4.79 Å². The number of fused-ring (bicyclic) bond motifs is 1. The Hall–Kier alpha value is -0.770. The summed E-state index contributed by atoms with van der Waals surface area (Å²) in [4.78, 5) is 14.3. The maximum Gasteiger partial charge on any atom is 0.227 e. The van der Waals surface area contributed by atoms with Crippen LogP contribution in [0.15, 0.2) is 18.2 Å². The van der Waals surface area contributed by atoms with Crippen molar-refractivity contribution in [3.8, 4) is 0 Å². The molecule has 5 heteroatoms. The number of carbonyl (C=O) groups excluding carboxylic acids is 1. The van der Waals surface area contributed by atoms with Crippen LogP contribution in [0.1, 0.15) is 18.4 Å². The van der Waals surface area contributed by atoms with Gasteiger partial charge >= 0.3 is 0 Å². The van der Waals surface area contributed by atoms with Gasteiger partial charge in [-0.05, 0) is 42.4 Å². The molecule has 1 amide bonds. The number of rotatable bonds is 2. The summed E-state index contributed by atoms with van der Waals surface area (Å²) >= 11 is 11.9. The molecule has 1 aromatic rings. The Morgan fingerprint density at radius 1 is 1.25 bits per heavy atom. The van der Waals surface area contributed by atoms with Crippen LogP contribution in [0.25, 0.3) is 0 Å². The summed E-state index contributed by atoms with van der Waals surface area (Å²) in [5.74, 6) is 1.25. The molecule has 2 fully saturated rings. The van der Waals surface area contributed by atoms with Crippen LogP contribution in [-0.2, 0) is 11.2 Å². The number of nitrogens with two attached hydrogens (primary N) is 1. The maximum atomic E-state index is 12.4. The molecule has 1 saturated carbocycles. The molecule has 3 rings (SSSR count). The Labute approximate surface area is 129 Å². The second-order valence-corrected chi connectivity index (χ2v) is 6.70. The van der Waals surface area contributed by atoms with Crippen molar-refractivity contribution in [3.05, 3.63) is 33.8 Å². The fourth-order valence-electron chi connectivity index (χ4n) is 3.45. The van der Waals surface area contributed by atoms with Crippen molar-refractivity contribution in [1.82, 2.24) is 4.90 Å². The zero-order valence-corrected chi connectivity index (χ0v) is 12.7. The monoisotopic (exact) mass is 312 g/mol. The smallest absolute Gasteiger partial charge is 0.227 e. The molecule has 0 radical (unpaired) electrons. The van der Waals surface area contributed by atoms with E-state index >= 15 is 0 Å². The van der Waals surface area contributed by atoms with Crippen molar-refractivity contribution >= 4 is 29.1 Å². The summed E-state index contributed by atoms with van der Waals surface area (Å²) in [6, 6.07) is 5.63. The van der Waals surface area contributed by atoms with E-state index < -0.39 is 0 Å². The van der Waals surface area contributed by atoms with Crippen molar-refractivity contribution in [2.24, 2.45) is 17.6 Å². The maximum absolute atomic E-state index is 12.4. The molecule has 0 spiro atoms. The van der Waals surface area contributed by atoms with Crippen LogP contribution in [0.3, 0.4) is 0 Å². The molecule has 2 N–H and O–H groups in total. The lowest BCUT2D eigenvalue weighted by Gasteiger charge is -2.19. The molecule has 3 unspecified atom stereocenters. The van der Waals surface area contributed by atoms with Gasteiger partial charge in [0.25, 0.3) is 0 Å². The first kappa shape index (κ1) is 14.2. The number of carbonyl (C=O) groups is 1. The first-order chi connectivity index (χ1) is 9.54. The van der Waals surface area contributed by atoms with E-state index in [4.69, 9.17) is 28.9 Å². The lowest BCUT2D eigenvalue weighted by atomic mass is 9.98. The van der Waals surface area contributed by atoms with E-state index in [1.807, 2.05) is 11.0 Å². The van der Waals surface area contributed by atoms with Crippen LogP contribution in [0, 0.1) is 11.8 Å². The molecular formula is C15H18Cl2N2O. The largest absolute Gasteiger partial charge is 0.342 e. The molecule has 3 nitrogen and oxygen atoms in total. The Morgan fingerprint density at radius 3 is 2.75 bits per heavy atom. The third kappa shape index (κ3) is 2.67. The predicted octanol–water partition coefficient (Wildman–Crippen LogP) is 2.73. The van der Waals surface area contributed by atoms with Gasteiger partial charge in [0.15, 0.2) is 0 Å². The van der Waals surface area contributed by atoms with E-state index in [1.165, 1.54) is 0 Å². The van der Waals surface area contributed by atoms with Gasteiger partial charge in [-0.2, -0.15) is 0 Å². The SMILES string of the molecule is NC1CCC2CN(C(=O)Cc3ccc(Cl)c(Cl)c3)CC12. The van der Waals surface area contributed by atoms with Crippen LogP contribution in [0.4, 0.5) is 0 Å². The topological polar surface area (TPSA) is 46.3 Å². The minimum atomic E-state index is 0.157.